The Labute approximate surface area is 263 Å². The number of carbonyl (C=O) groups excluding carboxylic acids is 2. The largest absolute Gasteiger partial charge is 0.355 e. The molecule has 7 nitrogen and oxygen atoms in total. The van der Waals surface area contributed by atoms with Crippen LogP contribution in [0.1, 0.15) is 23.6 Å². The van der Waals surface area contributed by atoms with Gasteiger partial charge in [0.1, 0.15) is 12.6 Å². The predicted molar refractivity (Wildman–Crippen MR) is 172 cm³/mol. The van der Waals surface area contributed by atoms with Gasteiger partial charge in [0.25, 0.3) is 10.0 Å². The van der Waals surface area contributed by atoms with Gasteiger partial charge in [-0.25, -0.2) is 8.42 Å². The molecule has 0 heterocycles. The van der Waals surface area contributed by atoms with Gasteiger partial charge < -0.3 is 10.2 Å². The lowest BCUT2D eigenvalue weighted by Crippen LogP contribution is -2.53. The van der Waals surface area contributed by atoms with Crippen molar-refractivity contribution in [1.82, 2.24) is 10.2 Å². The van der Waals surface area contributed by atoms with Crippen LogP contribution in [0.25, 0.3) is 0 Å². The number of anilines is 1. The molecule has 224 valence electrons. The number of aryl methyl sites for hydroxylation is 1. The first-order valence-corrected chi connectivity index (χ1v) is 16.0. The Morgan fingerprint density at radius 1 is 0.814 bits per heavy atom. The molecule has 4 aromatic rings. The Hall–Kier alpha value is -3.85. The van der Waals surface area contributed by atoms with Crippen molar-refractivity contribution in [2.45, 2.75) is 37.8 Å². The van der Waals surface area contributed by atoms with Gasteiger partial charge in [-0.3, -0.25) is 13.9 Å². The number of nitrogens with zero attached hydrogens (tertiary/aromatic N) is 2. The highest BCUT2D eigenvalue weighted by atomic mass is 35.5. The van der Waals surface area contributed by atoms with Crippen molar-refractivity contribution < 1.29 is 18.0 Å². The van der Waals surface area contributed by atoms with E-state index in [4.69, 9.17) is 23.2 Å². The third kappa shape index (κ3) is 8.16. The van der Waals surface area contributed by atoms with Crippen molar-refractivity contribution in [3.8, 4) is 0 Å². The molecule has 1 atom stereocenters. The fraction of sp³-hybridized carbons (Fsp3) is 0.212. The number of halogens is 2. The molecule has 4 rings (SSSR count). The van der Waals surface area contributed by atoms with Crippen molar-refractivity contribution in [2.75, 3.05) is 17.4 Å². The summed E-state index contributed by atoms with van der Waals surface area (Å²) in [6.07, 6.45) is 0.218. The lowest BCUT2D eigenvalue weighted by atomic mass is 10.0. The molecule has 0 spiro atoms. The van der Waals surface area contributed by atoms with Gasteiger partial charge in [-0.05, 0) is 61.4 Å². The fourth-order valence-corrected chi connectivity index (χ4v) is 6.38. The number of hydrogen-bond acceptors (Lipinski definition) is 4. The Bertz CT molecular complexity index is 1650. The summed E-state index contributed by atoms with van der Waals surface area (Å²) < 4.78 is 29.0. The molecule has 0 aliphatic carbocycles. The molecule has 0 radical (unpaired) electrons. The summed E-state index contributed by atoms with van der Waals surface area (Å²) in [7, 11) is -4.15. The number of hydrogen-bond donors (Lipinski definition) is 1. The van der Waals surface area contributed by atoms with Crippen LogP contribution in [0.3, 0.4) is 0 Å². The Morgan fingerprint density at radius 3 is 2.05 bits per heavy atom. The van der Waals surface area contributed by atoms with Crippen molar-refractivity contribution in [2.24, 2.45) is 0 Å². The van der Waals surface area contributed by atoms with Gasteiger partial charge in [0.05, 0.1) is 20.6 Å². The lowest BCUT2D eigenvalue weighted by molar-refractivity contribution is -0.140. The maximum atomic E-state index is 14.3. The van der Waals surface area contributed by atoms with E-state index in [2.05, 4.69) is 5.32 Å². The minimum Gasteiger partial charge on any atom is -0.355 e. The highest BCUT2D eigenvalue weighted by Crippen LogP contribution is 2.27. The van der Waals surface area contributed by atoms with Crippen molar-refractivity contribution in [3.05, 3.63) is 130 Å². The summed E-state index contributed by atoms with van der Waals surface area (Å²) >= 11 is 12.4. The molecule has 0 unspecified atom stereocenters. The summed E-state index contributed by atoms with van der Waals surface area (Å²) in [5.74, 6) is -0.912. The fourth-order valence-electron chi connectivity index (χ4n) is 4.64. The van der Waals surface area contributed by atoms with Gasteiger partial charge >= 0.3 is 0 Å². The molecule has 0 fully saturated rings. The minimum atomic E-state index is -4.15. The topological polar surface area (TPSA) is 86.8 Å². The van der Waals surface area contributed by atoms with Crippen molar-refractivity contribution in [3.63, 3.8) is 0 Å². The number of nitrogens with one attached hydrogen (secondary N) is 1. The summed E-state index contributed by atoms with van der Waals surface area (Å²) in [5, 5.41) is 3.50. The van der Waals surface area contributed by atoms with Crippen molar-refractivity contribution in [1.29, 1.82) is 0 Å². The van der Waals surface area contributed by atoms with E-state index in [0.717, 1.165) is 15.4 Å². The van der Waals surface area contributed by atoms with Crippen LogP contribution >= 0.6 is 23.2 Å². The third-order valence-electron chi connectivity index (χ3n) is 6.89. The summed E-state index contributed by atoms with van der Waals surface area (Å²) in [6, 6.07) is 28.3. The van der Waals surface area contributed by atoms with Gasteiger partial charge in [0.15, 0.2) is 0 Å². The second-order valence-electron chi connectivity index (χ2n) is 10.0. The van der Waals surface area contributed by atoms with Crippen LogP contribution in [-0.4, -0.2) is 44.3 Å². The van der Waals surface area contributed by atoms with Crippen molar-refractivity contribution >= 4 is 50.7 Å². The van der Waals surface area contributed by atoms with Crippen LogP contribution in [-0.2, 0) is 32.6 Å². The van der Waals surface area contributed by atoms with E-state index < -0.39 is 28.5 Å². The molecule has 0 aliphatic heterocycles. The number of likely N-dealkylation sites (N-methyl/N-ethyl adjacent to an activating group) is 1. The van der Waals surface area contributed by atoms with Gasteiger partial charge in [-0.1, -0.05) is 95.5 Å². The van der Waals surface area contributed by atoms with Crippen LogP contribution < -0.4 is 9.62 Å². The van der Waals surface area contributed by atoms with Crippen LogP contribution in [0.2, 0.25) is 10.0 Å². The molecule has 0 aliphatic rings. The number of carbonyl (C=O) groups is 2. The Kier molecular flexibility index (Phi) is 10.9. The molecule has 43 heavy (non-hydrogen) atoms. The first-order chi connectivity index (χ1) is 20.6. The maximum absolute atomic E-state index is 14.3. The van der Waals surface area contributed by atoms with Crippen LogP contribution in [0.5, 0.6) is 0 Å². The van der Waals surface area contributed by atoms with E-state index in [1.165, 1.54) is 17.0 Å². The monoisotopic (exact) mass is 637 g/mol. The third-order valence-corrected chi connectivity index (χ3v) is 9.42. The number of amides is 2. The molecule has 0 saturated carbocycles. The van der Waals surface area contributed by atoms with Gasteiger partial charge in [-0.2, -0.15) is 0 Å². The van der Waals surface area contributed by atoms with Gasteiger partial charge in [0, 0.05) is 19.5 Å². The lowest BCUT2D eigenvalue weighted by Gasteiger charge is -2.34. The zero-order chi connectivity index (χ0) is 31.0. The molecule has 4 aromatic carbocycles. The van der Waals surface area contributed by atoms with Gasteiger partial charge in [-0.15, -0.1) is 0 Å². The second-order valence-corrected chi connectivity index (χ2v) is 12.7. The quantitative estimate of drug-likeness (QED) is 0.198. The molecule has 10 heteroatoms. The average molecular weight is 639 g/mol. The zero-order valence-corrected chi connectivity index (χ0v) is 26.2. The summed E-state index contributed by atoms with van der Waals surface area (Å²) in [5.41, 5.74) is 2.71. The first kappa shape index (κ1) is 32.1. The molecular weight excluding hydrogens is 605 g/mol. The average Bonchev–Trinajstić information content (AvgIpc) is 3.00. The molecule has 0 bridgehead atoms. The van der Waals surface area contributed by atoms with E-state index in [0.29, 0.717) is 27.8 Å². The number of benzene rings is 4. The van der Waals surface area contributed by atoms with E-state index in [9.17, 15) is 18.0 Å². The number of para-hydroxylation sites is 1. The van der Waals surface area contributed by atoms with Crippen LogP contribution in [0.4, 0.5) is 5.69 Å². The van der Waals surface area contributed by atoms with E-state index in [-0.39, 0.29) is 23.8 Å². The Morgan fingerprint density at radius 2 is 1.44 bits per heavy atom. The second kappa shape index (κ2) is 14.6. The van der Waals surface area contributed by atoms with E-state index in [1.54, 1.807) is 67.6 Å². The molecular formula is C33H33Cl2N3O4S. The highest BCUT2D eigenvalue weighted by molar-refractivity contribution is 7.92. The minimum absolute atomic E-state index is 0.00241. The van der Waals surface area contributed by atoms with Gasteiger partial charge in [0.2, 0.25) is 11.8 Å². The normalized spacial score (nSPS) is 11.9. The summed E-state index contributed by atoms with van der Waals surface area (Å²) in [4.78, 5) is 29.3. The molecule has 0 aromatic heterocycles. The smallest absolute Gasteiger partial charge is 0.264 e. The standard InChI is InChI=1S/C33H33Cl2N3O4S/c1-3-36-33(40)31(21-25-10-6-4-7-11-25)37(22-26-16-19-29(34)30(35)20-26)32(39)23-38(27-12-8-5-9-13-27)43(41,42)28-17-14-24(2)15-18-28/h4-20,31H,3,21-23H2,1-2H3,(H,36,40)/t31-/m1/s1. The highest BCUT2D eigenvalue weighted by Gasteiger charge is 2.34. The maximum Gasteiger partial charge on any atom is 0.264 e. The van der Waals surface area contributed by atoms with E-state index in [1.807, 2.05) is 37.3 Å². The number of rotatable bonds is 12. The number of sulfonamides is 1. The molecule has 1 N–H and O–H groups in total. The predicted octanol–water partition coefficient (Wildman–Crippen LogP) is 6.27. The summed E-state index contributed by atoms with van der Waals surface area (Å²) in [6.45, 7) is 3.48. The zero-order valence-electron chi connectivity index (χ0n) is 23.9. The van der Waals surface area contributed by atoms with Crippen LogP contribution in [0, 0.1) is 6.92 Å². The first-order valence-electron chi connectivity index (χ1n) is 13.8. The molecule has 0 saturated heterocycles. The molecule has 2 amide bonds. The van der Waals surface area contributed by atoms with Crippen LogP contribution in [0.15, 0.2) is 108 Å². The van der Waals surface area contributed by atoms with E-state index >= 15 is 0 Å². The Balaban J connectivity index is 1.79. The SMILES string of the molecule is CCNC(=O)[C@@H](Cc1ccccc1)N(Cc1ccc(Cl)c(Cl)c1)C(=O)CN(c1ccccc1)S(=O)(=O)c1ccc(C)cc1.